The van der Waals surface area contributed by atoms with Gasteiger partial charge in [-0.3, -0.25) is 0 Å². The summed E-state index contributed by atoms with van der Waals surface area (Å²) in [5.41, 5.74) is -2.66. The number of hydrogen-bond acceptors (Lipinski definition) is 29. The minimum absolute atomic E-state index is 0.000150. The van der Waals surface area contributed by atoms with Crippen LogP contribution in [0.25, 0.3) is 0 Å². The Morgan fingerprint density at radius 1 is 0.517 bits per heavy atom. The smallest absolute Gasteiger partial charge is 0.187 e. The maximum atomic E-state index is 12.9. The largest absolute Gasteiger partial charge is 0.394 e. The molecule has 29 nitrogen and oxygen atoms in total. The van der Waals surface area contributed by atoms with E-state index in [0.717, 1.165) is 18.4 Å². The van der Waals surface area contributed by atoms with E-state index in [1.165, 1.54) is 13.8 Å². The van der Waals surface area contributed by atoms with Gasteiger partial charge in [0.05, 0.1) is 56.9 Å². The van der Waals surface area contributed by atoms with Crippen LogP contribution < -0.4 is 0 Å². The number of hydrogen-bond donors (Lipinski definition) is 19. The van der Waals surface area contributed by atoms with Crippen molar-refractivity contribution in [1.29, 1.82) is 0 Å². The van der Waals surface area contributed by atoms with Crippen molar-refractivity contribution in [2.45, 2.75) is 284 Å². The summed E-state index contributed by atoms with van der Waals surface area (Å²) in [6, 6.07) is 0. The van der Waals surface area contributed by atoms with Gasteiger partial charge < -0.3 is 144 Å². The van der Waals surface area contributed by atoms with E-state index in [2.05, 4.69) is 33.8 Å². The predicted molar refractivity (Wildman–Crippen MR) is 300 cm³/mol. The van der Waals surface area contributed by atoms with Gasteiger partial charge in [-0.15, -0.1) is 0 Å². The second-order valence-electron chi connectivity index (χ2n) is 28.7. The fraction of sp³-hybridized carbons (Fsp3) is 0.967. The summed E-state index contributed by atoms with van der Waals surface area (Å²) in [7, 11) is 0. The van der Waals surface area contributed by atoms with Crippen molar-refractivity contribution in [1.82, 2.24) is 0 Å². The number of rotatable bonds is 20. The Hall–Kier alpha value is -1.42. The van der Waals surface area contributed by atoms with Crippen molar-refractivity contribution in [3.63, 3.8) is 0 Å². The summed E-state index contributed by atoms with van der Waals surface area (Å²) in [6.45, 7) is 12.3. The zero-order valence-corrected chi connectivity index (χ0v) is 51.8. The Kier molecular flexibility index (Phi) is 22.3. The summed E-state index contributed by atoms with van der Waals surface area (Å²) in [6.07, 6.45) is -38.0. The SMILES string of the molecule is C[C@H](CC[C@@H](O[C@@H]1O[C@H](CO)[C@@H](O)[C@H](O)[C@H]1O[C@@H]1O[C@H](CO)[C@@H](O)[C@H](O)[C@H]1O)C(C)(C)O)C1CC[C@@]2(C)C3CC=C4C(CC[C@H](O[C@@H]5O[C@H](CO[C@@H]6O[C@H](CO)[C@@H](O)[C@H](O)[C@H]6O)[C@@H](O)[C@H](O)[C@H]5O[C@H]5O[C@@H](CO)[C@H](O)[C@H](O)[C@@H]5O)C4(C)C)[C@]3(C)[C@H](O)C[C@]12C. The van der Waals surface area contributed by atoms with E-state index in [1.807, 2.05) is 13.8 Å². The van der Waals surface area contributed by atoms with E-state index in [1.54, 1.807) is 0 Å². The molecule has 89 heavy (non-hydrogen) atoms. The molecule has 3 unspecified atom stereocenters. The van der Waals surface area contributed by atoms with Crippen LogP contribution in [0.3, 0.4) is 0 Å². The van der Waals surface area contributed by atoms with Crippen LogP contribution in [-0.2, 0) is 47.4 Å². The molecule has 5 heterocycles. The molecule has 516 valence electrons. The lowest BCUT2D eigenvalue weighted by Crippen LogP contribution is -2.66. The minimum Gasteiger partial charge on any atom is -0.394 e. The van der Waals surface area contributed by atoms with Gasteiger partial charge >= 0.3 is 0 Å². The van der Waals surface area contributed by atoms with Crippen LogP contribution in [0.15, 0.2) is 11.6 Å². The first kappa shape index (κ1) is 71.9. The monoisotopic (exact) mass is 1290 g/mol. The molecule has 4 aliphatic carbocycles. The van der Waals surface area contributed by atoms with Gasteiger partial charge in [-0.05, 0) is 99.7 Å². The average molecular weight is 1290 g/mol. The Morgan fingerprint density at radius 2 is 0.966 bits per heavy atom. The molecule has 8 fully saturated rings. The van der Waals surface area contributed by atoms with Gasteiger partial charge in [-0.25, -0.2) is 0 Å². The molecule has 0 spiro atoms. The molecule has 3 saturated carbocycles. The first-order valence-corrected chi connectivity index (χ1v) is 31.6. The van der Waals surface area contributed by atoms with Crippen LogP contribution in [0.2, 0.25) is 0 Å². The Balaban J connectivity index is 0.912. The third-order valence-corrected chi connectivity index (χ3v) is 22.9. The Morgan fingerprint density at radius 3 is 1.47 bits per heavy atom. The summed E-state index contributed by atoms with van der Waals surface area (Å²) in [5.74, 6) is -0.0688. The highest BCUT2D eigenvalue weighted by molar-refractivity contribution is 5.32. The summed E-state index contributed by atoms with van der Waals surface area (Å²) >= 11 is 0. The van der Waals surface area contributed by atoms with E-state index in [4.69, 9.17) is 47.4 Å². The molecule has 0 aromatic heterocycles. The van der Waals surface area contributed by atoms with Gasteiger partial charge in [-0.1, -0.05) is 53.2 Å². The van der Waals surface area contributed by atoms with Crippen molar-refractivity contribution >= 4 is 0 Å². The molecule has 5 saturated heterocycles. The topological polar surface area (TPSA) is 477 Å². The maximum Gasteiger partial charge on any atom is 0.187 e. The first-order chi connectivity index (χ1) is 41.7. The zero-order valence-electron chi connectivity index (χ0n) is 51.8. The van der Waals surface area contributed by atoms with Gasteiger partial charge in [-0.2, -0.15) is 0 Å². The van der Waals surface area contributed by atoms with E-state index in [-0.39, 0.29) is 35.5 Å². The number of aliphatic hydroxyl groups is 19. The van der Waals surface area contributed by atoms with Gasteiger partial charge in [0.25, 0.3) is 0 Å². The molecule has 9 aliphatic rings. The molecule has 5 aliphatic heterocycles. The molecule has 9 rings (SSSR count). The van der Waals surface area contributed by atoms with E-state index in [9.17, 15) is 97.0 Å². The Bertz CT molecular complexity index is 2340. The highest BCUT2D eigenvalue weighted by Gasteiger charge is 2.71. The molecule has 19 N–H and O–H groups in total. The molecule has 0 bridgehead atoms. The van der Waals surface area contributed by atoms with Crippen LogP contribution in [-0.4, -0.2) is 308 Å². The molecule has 29 heteroatoms. The van der Waals surface area contributed by atoms with Crippen LogP contribution in [0.5, 0.6) is 0 Å². The number of fused-ring (bicyclic) bond motifs is 5. The van der Waals surface area contributed by atoms with Crippen LogP contribution in [0.1, 0.15) is 107 Å². The molecular weight excluding hydrogens is 1180 g/mol. The predicted octanol–water partition coefficient (Wildman–Crippen LogP) is -5.41. The van der Waals surface area contributed by atoms with Crippen LogP contribution in [0, 0.1) is 45.3 Å². The van der Waals surface area contributed by atoms with E-state index < -0.39 is 227 Å². The highest BCUT2D eigenvalue weighted by Crippen LogP contribution is 2.75. The second kappa shape index (κ2) is 27.6. The van der Waals surface area contributed by atoms with Crippen molar-refractivity contribution in [3.05, 3.63) is 11.6 Å². The van der Waals surface area contributed by atoms with Crippen molar-refractivity contribution < 1.29 is 144 Å². The van der Waals surface area contributed by atoms with Crippen LogP contribution in [0.4, 0.5) is 0 Å². The lowest BCUT2D eigenvalue weighted by molar-refractivity contribution is -0.379. The molecule has 35 atom stereocenters. The summed E-state index contributed by atoms with van der Waals surface area (Å²) < 4.78 is 60.1. The lowest BCUT2D eigenvalue weighted by Gasteiger charge is -2.67. The van der Waals surface area contributed by atoms with Gasteiger partial charge in [0, 0.05) is 10.8 Å². The average Bonchev–Trinajstić information content (AvgIpc) is 1.66. The maximum absolute atomic E-state index is 12.9. The fourth-order valence-electron chi connectivity index (χ4n) is 17.1. The number of ether oxygens (including phenoxy) is 10. The van der Waals surface area contributed by atoms with E-state index >= 15 is 0 Å². The first-order valence-electron chi connectivity index (χ1n) is 31.6. The third kappa shape index (κ3) is 13.0. The van der Waals surface area contributed by atoms with Gasteiger partial charge in [0.2, 0.25) is 0 Å². The standard InChI is InChI=1S/C60H102O29/c1-23(9-13-35(57(4,5)79)87-54-49(44(74)39(69)30(21-64)84-54)88-52-47(77)42(72)37(67)28(19-62)82-52)24-15-16-58(6)32-12-10-25-26(60(32,8)33(65)17-59(24,58)7)11-14-34(56(25,2)3)86-55-50(89-53-48(78)43(73)38(68)29(20-63)83-53)45(75)40(70)31(85-55)22-80-51-46(76)41(71)36(66)27(18-61)81-51/h10,23-24,26-55,61-79H,9,11-22H2,1-8H3/t23-,24?,26?,27-,28-,29+,30-,31-,32?,33-,34+,35-,36-,37-,38+,39-,40-,41+,42+,43+,44+,45+,46-,47-,48+,49-,50-,51-,52+,53-,54+,55+,58+,59-,60+/m1/s1. The minimum atomic E-state index is -1.92. The molecular formula is C60H102O29. The van der Waals surface area contributed by atoms with Gasteiger partial charge in [0.1, 0.15) is 122 Å². The van der Waals surface area contributed by atoms with Crippen molar-refractivity contribution in [2.75, 3.05) is 33.0 Å². The summed E-state index contributed by atoms with van der Waals surface area (Å²) in [4.78, 5) is 0. The normalized spacial score (nSPS) is 51.8. The third-order valence-electron chi connectivity index (χ3n) is 22.9. The van der Waals surface area contributed by atoms with Crippen molar-refractivity contribution in [2.24, 2.45) is 45.3 Å². The lowest BCUT2D eigenvalue weighted by atomic mass is 9.38. The van der Waals surface area contributed by atoms with Crippen LogP contribution >= 0.6 is 0 Å². The number of allylic oxidation sites excluding steroid dienone is 1. The molecule has 0 aromatic rings. The highest BCUT2D eigenvalue weighted by atomic mass is 16.8. The fourth-order valence-corrected chi connectivity index (χ4v) is 17.1. The van der Waals surface area contributed by atoms with Gasteiger partial charge in [0.15, 0.2) is 31.5 Å². The summed E-state index contributed by atoms with van der Waals surface area (Å²) in [5, 5.41) is 205. The second-order valence-corrected chi connectivity index (χ2v) is 28.7. The molecule has 0 radical (unpaired) electrons. The Labute approximate surface area is 517 Å². The molecule has 0 amide bonds. The quantitative estimate of drug-likeness (QED) is 0.0506. The number of aliphatic hydroxyl groups excluding tert-OH is 18. The van der Waals surface area contributed by atoms with Crippen molar-refractivity contribution in [3.8, 4) is 0 Å². The molecule has 0 aromatic carbocycles. The zero-order chi connectivity index (χ0) is 65.5. The van der Waals surface area contributed by atoms with E-state index in [0.29, 0.717) is 32.1 Å².